The standard InChI is InChI=1S/C15H27NO2/c1-12(17)15-8-4-5-9-16(15)11-14(18)10-13-6-2-3-7-13/h13-15,18H,2-11H2,1H3. The molecular weight excluding hydrogens is 226 g/mol. The molecule has 0 aromatic carbocycles. The zero-order valence-corrected chi connectivity index (χ0v) is 11.6. The van der Waals surface area contributed by atoms with Crippen molar-refractivity contribution in [2.75, 3.05) is 13.1 Å². The fraction of sp³-hybridized carbons (Fsp3) is 0.933. The lowest BCUT2D eigenvalue weighted by Crippen LogP contribution is -2.47. The van der Waals surface area contributed by atoms with Crippen LogP contribution in [0.15, 0.2) is 0 Å². The number of nitrogens with zero attached hydrogens (tertiary/aromatic N) is 1. The highest BCUT2D eigenvalue weighted by molar-refractivity contribution is 5.81. The summed E-state index contributed by atoms with van der Waals surface area (Å²) in [5, 5.41) is 10.2. The second kappa shape index (κ2) is 6.67. The van der Waals surface area contributed by atoms with Gasteiger partial charge in [0.05, 0.1) is 12.1 Å². The molecule has 2 rings (SSSR count). The first-order chi connectivity index (χ1) is 8.66. The minimum Gasteiger partial charge on any atom is -0.392 e. The summed E-state index contributed by atoms with van der Waals surface area (Å²) in [6.45, 7) is 3.36. The Morgan fingerprint density at radius 1 is 1.22 bits per heavy atom. The molecule has 1 aliphatic carbocycles. The van der Waals surface area contributed by atoms with Gasteiger partial charge in [-0.1, -0.05) is 32.1 Å². The minimum absolute atomic E-state index is 0.0666. The SMILES string of the molecule is CC(=O)C1CCCCN1CC(O)CC1CCCC1. The third-order valence-electron chi connectivity index (χ3n) is 4.61. The van der Waals surface area contributed by atoms with Crippen LogP contribution in [0.1, 0.15) is 58.3 Å². The van der Waals surface area contributed by atoms with Crippen LogP contribution in [0.4, 0.5) is 0 Å². The van der Waals surface area contributed by atoms with E-state index < -0.39 is 0 Å². The Balaban J connectivity index is 1.80. The molecule has 1 saturated heterocycles. The third-order valence-corrected chi connectivity index (χ3v) is 4.61. The number of hydrogen-bond acceptors (Lipinski definition) is 3. The highest BCUT2D eigenvalue weighted by Crippen LogP contribution is 2.29. The molecule has 104 valence electrons. The molecule has 0 bridgehead atoms. The van der Waals surface area contributed by atoms with E-state index in [1.165, 1.54) is 32.1 Å². The molecule has 0 spiro atoms. The van der Waals surface area contributed by atoms with Gasteiger partial charge in [-0.2, -0.15) is 0 Å². The molecule has 18 heavy (non-hydrogen) atoms. The van der Waals surface area contributed by atoms with E-state index in [0.29, 0.717) is 6.54 Å². The van der Waals surface area contributed by atoms with Crippen molar-refractivity contribution >= 4 is 5.78 Å². The zero-order chi connectivity index (χ0) is 13.0. The Morgan fingerprint density at radius 2 is 1.89 bits per heavy atom. The number of aliphatic hydroxyl groups excluding tert-OH is 1. The third kappa shape index (κ3) is 3.79. The highest BCUT2D eigenvalue weighted by Gasteiger charge is 2.28. The highest BCUT2D eigenvalue weighted by atomic mass is 16.3. The molecule has 1 N–H and O–H groups in total. The van der Waals surface area contributed by atoms with Crippen molar-refractivity contribution in [3.63, 3.8) is 0 Å². The summed E-state index contributed by atoms with van der Waals surface area (Å²) >= 11 is 0. The number of rotatable bonds is 5. The molecule has 2 fully saturated rings. The van der Waals surface area contributed by atoms with E-state index in [9.17, 15) is 9.90 Å². The van der Waals surface area contributed by atoms with E-state index in [-0.39, 0.29) is 17.9 Å². The number of carbonyl (C=O) groups is 1. The molecule has 2 unspecified atom stereocenters. The number of hydrogen-bond donors (Lipinski definition) is 1. The normalized spacial score (nSPS) is 28.4. The molecule has 3 nitrogen and oxygen atoms in total. The van der Waals surface area contributed by atoms with Crippen molar-refractivity contribution in [2.45, 2.75) is 70.4 Å². The van der Waals surface area contributed by atoms with E-state index >= 15 is 0 Å². The van der Waals surface area contributed by atoms with Gasteiger partial charge in [-0.3, -0.25) is 9.69 Å². The average molecular weight is 253 g/mol. The lowest BCUT2D eigenvalue weighted by molar-refractivity contribution is -0.123. The number of β-amino-alcohol motifs (C(OH)–C–C–N with tert-alkyl or cyclic N) is 1. The summed E-state index contributed by atoms with van der Waals surface area (Å²) in [5.74, 6) is 0.989. The van der Waals surface area contributed by atoms with Gasteiger partial charge in [0.25, 0.3) is 0 Å². The number of carbonyl (C=O) groups excluding carboxylic acids is 1. The van der Waals surface area contributed by atoms with Crippen LogP contribution in [-0.4, -0.2) is 41.0 Å². The van der Waals surface area contributed by atoms with E-state index in [2.05, 4.69) is 4.90 Å². The summed E-state index contributed by atoms with van der Waals surface area (Å²) in [7, 11) is 0. The van der Waals surface area contributed by atoms with Crippen molar-refractivity contribution in [3.05, 3.63) is 0 Å². The maximum absolute atomic E-state index is 11.6. The lowest BCUT2D eigenvalue weighted by atomic mass is 9.96. The number of Topliss-reactive ketones (excluding diaryl/α,β-unsaturated/α-hetero) is 1. The second-order valence-electron chi connectivity index (χ2n) is 6.16. The summed E-state index contributed by atoms with van der Waals surface area (Å²) in [6, 6.07) is 0.0666. The molecule has 1 aliphatic heterocycles. The average Bonchev–Trinajstić information content (AvgIpc) is 2.82. The predicted molar refractivity (Wildman–Crippen MR) is 72.5 cm³/mol. The first-order valence-electron chi connectivity index (χ1n) is 7.59. The van der Waals surface area contributed by atoms with Gasteiger partial charge in [-0.15, -0.1) is 0 Å². The monoisotopic (exact) mass is 253 g/mol. The van der Waals surface area contributed by atoms with Gasteiger partial charge in [0, 0.05) is 6.54 Å². The van der Waals surface area contributed by atoms with Gasteiger partial charge in [0.1, 0.15) is 5.78 Å². The summed E-state index contributed by atoms with van der Waals surface area (Å²) in [5.41, 5.74) is 0. The molecule has 1 saturated carbocycles. The van der Waals surface area contributed by atoms with Crippen LogP contribution in [0.3, 0.4) is 0 Å². The van der Waals surface area contributed by atoms with E-state index in [1.54, 1.807) is 6.92 Å². The van der Waals surface area contributed by atoms with Crippen molar-refractivity contribution in [2.24, 2.45) is 5.92 Å². The Bertz CT molecular complexity index is 274. The van der Waals surface area contributed by atoms with E-state index in [1.807, 2.05) is 0 Å². The second-order valence-corrected chi connectivity index (χ2v) is 6.16. The number of ketones is 1. The van der Waals surface area contributed by atoms with Crippen LogP contribution < -0.4 is 0 Å². The van der Waals surface area contributed by atoms with Crippen LogP contribution in [0, 0.1) is 5.92 Å². The molecule has 1 heterocycles. The summed E-state index contributed by atoms with van der Waals surface area (Å²) in [6.07, 6.45) is 9.22. The first-order valence-corrected chi connectivity index (χ1v) is 7.59. The van der Waals surface area contributed by atoms with Gasteiger partial charge in [0.2, 0.25) is 0 Å². The lowest BCUT2D eigenvalue weighted by Gasteiger charge is -2.35. The van der Waals surface area contributed by atoms with Crippen LogP contribution in [0.5, 0.6) is 0 Å². The Morgan fingerprint density at radius 3 is 2.56 bits per heavy atom. The van der Waals surface area contributed by atoms with Crippen molar-refractivity contribution < 1.29 is 9.90 Å². The fourth-order valence-electron chi connectivity index (χ4n) is 3.65. The number of aliphatic hydroxyl groups is 1. The largest absolute Gasteiger partial charge is 0.392 e. The van der Waals surface area contributed by atoms with Gasteiger partial charge in [-0.25, -0.2) is 0 Å². The quantitative estimate of drug-likeness (QED) is 0.818. The summed E-state index contributed by atoms with van der Waals surface area (Å²) < 4.78 is 0. The molecule has 0 radical (unpaired) electrons. The smallest absolute Gasteiger partial charge is 0.146 e. The molecule has 2 atom stereocenters. The van der Waals surface area contributed by atoms with Gasteiger partial charge < -0.3 is 5.11 Å². The first kappa shape index (κ1) is 14.0. The Kier molecular flexibility index (Phi) is 5.19. The number of likely N-dealkylation sites (tertiary alicyclic amines) is 1. The van der Waals surface area contributed by atoms with Crippen molar-refractivity contribution in [1.82, 2.24) is 4.90 Å². The van der Waals surface area contributed by atoms with Crippen LogP contribution in [-0.2, 0) is 4.79 Å². The van der Waals surface area contributed by atoms with Crippen molar-refractivity contribution in [3.8, 4) is 0 Å². The van der Waals surface area contributed by atoms with Crippen LogP contribution >= 0.6 is 0 Å². The minimum atomic E-state index is -0.243. The summed E-state index contributed by atoms with van der Waals surface area (Å²) in [4.78, 5) is 13.8. The molecule has 0 amide bonds. The van der Waals surface area contributed by atoms with Gasteiger partial charge in [0.15, 0.2) is 0 Å². The maximum atomic E-state index is 11.6. The molecule has 3 heteroatoms. The fourth-order valence-corrected chi connectivity index (χ4v) is 3.65. The topological polar surface area (TPSA) is 40.5 Å². The molecule has 0 aromatic heterocycles. The van der Waals surface area contributed by atoms with Crippen LogP contribution in [0.2, 0.25) is 0 Å². The van der Waals surface area contributed by atoms with Gasteiger partial charge in [-0.05, 0) is 38.6 Å². The van der Waals surface area contributed by atoms with Gasteiger partial charge >= 0.3 is 0 Å². The maximum Gasteiger partial charge on any atom is 0.146 e. The van der Waals surface area contributed by atoms with Crippen LogP contribution in [0.25, 0.3) is 0 Å². The zero-order valence-electron chi connectivity index (χ0n) is 11.6. The molecular formula is C15H27NO2. The van der Waals surface area contributed by atoms with Crippen molar-refractivity contribution in [1.29, 1.82) is 0 Å². The Hall–Kier alpha value is -0.410. The van der Waals surface area contributed by atoms with E-state index in [4.69, 9.17) is 0 Å². The van der Waals surface area contributed by atoms with E-state index in [0.717, 1.165) is 31.7 Å². The predicted octanol–water partition coefficient (Wildman–Crippen LogP) is 2.37. The Labute approximate surface area is 111 Å². The number of piperidine rings is 1. The molecule has 2 aliphatic rings. The molecule has 0 aromatic rings.